The van der Waals surface area contributed by atoms with Crippen LogP contribution in [0, 0.1) is 12.8 Å². The molecule has 4 rings (SSSR count). The maximum atomic E-state index is 12.9. The molecule has 2 aromatic heterocycles. The summed E-state index contributed by atoms with van der Waals surface area (Å²) in [6.45, 7) is 4.10. The molecular weight excluding hydrogens is 372 g/mol. The molecule has 0 N–H and O–H groups in total. The van der Waals surface area contributed by atoms with Crippen molar-refractivity contribution in [3.05, 3.63) is 53.9 Å². The summed E-state index contributed by atoms with van der Waals surface area (Å²) in [6.07, 6.45) is 5.78. The van der Waals surface area contributed by atoms with Crippen LogP contribution in [-0.4, -0.2) is 51.4 Å². The van der Waals surface area contributed by atoms with Gasteiger partial charge >= 0.3 is 0 Å². The van der Waals surface area contributed by atoms with E-state index in [4.69, 9.17) is 4.74 Å². The second-order valence-corrected chi connectivity index (χ2v) is 7.95. The first-order valence-corrected chi connectivity index (χ1v) is 10.7. The molecule has 1 amide bonds. The van der Waals surface area contributed by atoms with Crippen molar-refractivity contribution in [1.29, 1.82) is 0 Å². The van der Waals surface area contributed by atoms with Crippen molar-refractivity contribution in [2.24, 2.45) is 5.92 Å². The molecule has 1 saturated heterocycles. The number of aromatic nitrogens is 3. The van der Waals surface area contributed by atoms with Crippen LogP contribution in [0.3, 0.4) is 0 Å². The summed E-state index contributed by atoms with van der Waals surface area (Å²) in [5, 5.41) is 4.45. The number of hydrogen-bond donors (Lipinski definition) is 0. The van der Waals surface area contributed by atoms with Crippen LogP contribution in [0.15, 0.2) is 47.5 Å². The van der Waals surface area contributed by atoms with Gasteiger partial charge in [0.2, 0.25) is 5.88 Å². The van der Waals surface area contributed by atoms with Crippen molar-refractivity contribution in [2.75, 3.05) is 26.0 Å². The van der Waals surface area contributed by atoms with Gasteiger partial charge in [-0.1, -0.05) is 12.1 Å². The highest BCUT2D eigenvalue weighted by Gasteiger charge is 2.25. The van der Waals surface area contributed by atoms with Gasteiger partial charge in [0.15, 0.2) is 5.65 Å². The smallest absolute Gasteiger partial charge is 0.254 e. The van der Waals surface area contributed by atoms with E-state index in [2.05, 4.69) is 10.1 Å². The molecule has 1 fully saturated rings. The minimum Gasteiger partial charge on any atom is -0.476 e. The van der Waals surface area contributed by atoms with Crippen molar-refractivity contribution in [2.45, 2.75) is 24.7 Å². The number of rotatable bonds is 5. The van der Waals surface area contributed by atoms with E-state index in [0.29, 0.717) is 18.4 Å². The van der Waals surface area contributed by atoms with Crippen molar-refractivity contribution in [1.82, 2.24) is 19.5 Å². The molecule has 0 aliphatic carbocycles. The summed E-state index contributed by atoms with van der Waals surface area (Å²) in [6, 6.07) is 11.6. The van der Waals surface area contributed by atoms with Crippen LogP contribution in [-0.2, 0) is 0 Å². The van der Waals surface area contributed by atoms with Crippen molar-refractivity contribution in [3.8, 4) is 5.88 Å². The number of fused-ring (bicyclic) bond motifs is 1. The maximum absolute atomic E-state index is 12.9. The first-order valence-electron chi connectivity index (χ1n) is 9.52. The predicted octanol–water partition coefficient (Wildman–Crippen LogP) is 3.69. The number of ether oxygens (including phenoxy) is 1. The lowest BCUT2D eigenvalue weighted by atomic mass is 9.97. The van der Waals surface area contributed by atoms with Crippen LogP contribution in [0.4, 0.5) is 0 Å². The van der Waals surface area contributed by atoms with E-state index in [1.54, 1.807) is 16.3 Å². The summed E-state index contributed by atoms with van der Waals surface area (Å²) >= 11 is 1.62. The first-order chi connectivity index (χ1) is 13.6. The number of nitrogens with zero attached hydrogens (tertiary/aromatic N) is 4. The number of carbonyl (C=O) groups excluding carboxylic acids is 1. The molecule has 146 valence electrons. The lowest BCUT2D eigenvalue weighted by Crippen LogP contribution is -2.39. The average Bonchev–Trinajstić information content (AvgIpc) is 3.11. The van der Waals surface area contributed by atoms with Gasteiger partial charge < -0.3 is 9.64 Å². The Balaban J connectivity index is 1.31. The van der Waals surface area contributed by atoms with E-state index in [1.807, 2.05) is 60.7 Å². The summed E-state index contributed by atoms with van der Waals surface area (Å²) in [5.41, 5.74) is 2.56. The molecule has 1 aliphatic rings. The highest BCUT2D eigenvalue weighted by Crippen LogP contribution is 2.25. The van der Waals surface area contributed by atoms with Gasteiger partial charge in [-0.15, -0.1) is 16.9 Å². The van der Waals surface area contributed by atoms with E-state index >= 15 is 0 Å². The fourth-order valence-corrected chi connectivity index (χ4v) is 4.15. The molecule has 0 radical (unpaired) electrons. The van der Waals surface area contributed by atoms with Crippen LogP contribution in [0.2, 0.25) is 0 Å². The molecule has 3 heterocycles. The number of benzene rings is 1. The van der Waals surface area contributed by atoms with E-state index in [1.165, 1.54) is 0 Å². The van der Waals surface area contributed by atoms with Crippen LogP contribution in [0.25, 0.3) is 5.65 Å². The Hall–Kier alpha value is -2.54. The van der Waals surface area contributed by atoms with Crippen LogP contribution in [0.1, 0.15) is 28.9 Å². The van der Waals surface area contributed by atoms with E-state index in [9.17, 15) is 4.79 Å². The molecule has 7 heteroatoms. The number of piperidine rings is 1. The second kappa shape index (κ2) is 8.22. The van der Waals surface area contributed by atoms with Gasteiger partial charge in [0, 0.05) is 24.1 Å². The zero-order valence-electron chi connectivity index (χ0n) is 16.2. The van der Waals surface area contributed by atoms with Gasteiger partial charge in [-0.05, 0) is 50.1 Å². The van der Waals surface area contributed by atoms with Crippen molar-refractivity contribution >= 4 is 23.3 Å². The van der Waals surface area contributed by atoms with Gasteiger partial charge in [-0.3, -0.25) is 4.79 Å². The van der Waals surface area contributed by atoms with E-state index in [0.717, 1.165) is 47.7 Å². The molecule has 0 spiro atoms. The van der Waals surface area contributed by atoms with Crippen LogP contribution in [0.5, 0.6) is 5.88 Å². The van der Waals surface area contributed by atoms with Crippen LogP contribution < -0.4 is 4.74 Å². The summed E-state index contributed by atoms with van der Waals surface area (Å²) < 4.78 is 7.66. The SMILES string of the molecule is CSc1ccccc1C(=O)N1CCC(COc2ccc3nc(C)cn3n2)CC1. The fraction of sp³-hybridized carbons (Fsp3) is 0.381. The van der Waals surface area contributed by atoms with E-state index < -0.39 is 0 Å². The Bertz CT molecular complexity index is 979. The van der Waals surface area contributed by atoms with Gasteiger partial charge in [-0.25, -0.2) is 9.50 Å². The number of aryl methyl sites for hydroxylation is 1. The number of likely N-dealkylation sites (tertiary alicyclic amines) is 1. The number of hydrogen-bond acceptors (Lipinski definition) is 5. The molecule has 6 nitrogen and oxygen atoms in total. The second-order valence-electron chi connectivity index (χ2n) is 7.10. The van der Waals surface area contributed by atoms with Crippen molar-refractivity contribution in [3.63, 3.8) is 0 Å². The minimum absolute atomic E-state index is 0.131. The lowest BCUT2D eigenvalue weighted by Gasteiger charge is -2.32. The third-order valence-corrected chi connectivity index (χ3v) is 5.92. The highest BCUT2D eigenvalue weighted by molar-refractivity contribution is 7.98. The number of imidazole rings is 1. The van der Waals surface area contributed by atoms with Crippen molar-refractivity contribution < 1.29 is 9.53 Å². The molecule has 1 aliphatic heterocycles. The van der Waals surface area contributed by atoms with Gasteiger partial charge in [0.1, 0.15) is 0 Å². The normalized spacial score (nSPS) is 15.1. The molecular formula is C21H24N4O2S. The predicted molar refractivity (Wildman–Crippen MR) is 110 cm³/mol. The Morgan fingerprint density at radius 1 is 1.21 bits per heavy atom. The Kier molecular flexibility index (Phi) is 5.52. The first kappa shape index (κ1) is 18.8. The standard InChI is InChI=1S/C21H24N4O2S/c1-15-13-25-19(22-15)7-8-20(23-25)27-14-16-9-11-24(12-10-16)21(26)17-5-3-4-6-18(17)28-2/h3-8,13,16H,9-12,14H2,1-2H3. The Morgan fingerprint density at radius 2 is 2.00 bits per heavy atom. The average molecular weight is 397 g/mol. The highest BCUT2D eigenvalue weighted by atomic mass is 32.2. The number of carbonyl (C=O) groups is 1. The monoisotopic (exact) mass is 396 g/mol. The molecule has 0 bridgehead atoms. The van der Waals surface area contributed by atoms with Crippen LogP contribution >= 0.6 is 11.8 Å². The zero-order valence-corrected chi connectivity index (χ0v) is 17.0. The van der Waals surface area contributed by atoms with Gasteiger partial charge in [0.25, 0.3) is 5.91 Å². The van der Waals surface area contributed by atoms with Gasteiger partial charge in [-0.2, -0.15) is 0 Å². The van der Waals surface area contributed by atoms with Gasteiger partial charge in [0.05, 0.1) is 24.1 Å². The zero-order chi connectivity index (χ0) is 19.5. The topological polar surface area (TPSA) is 59.7 Å². The fourth-order valence-electron chi connectivity index (χ4n) is 3.56. The molecule has 0 atom stereocenters. The third kappa shape index (κ3) is 3.99. The molecule has 0 saturated carbocycles. The molecule has 1 aromatic carbocycles. The Morgan fingerprint density at radius 3 is 2.79 bits per heavy atom. The molecule has 3 aromatic rings. The summed E-state index contributed by atoms with van der Waals surface area (Å²) in [5.74, 6) is 1.17. The Labute approximate surface area is 168 Å². The quantitative estimate of drug-likeness (QED) is 0.616. The molecule has 28 heavy (non-hydrogen) atoms. The number of thioether (sulfide) groups is 1. The van der Waals surface area contributed by atoms with E-state index in [-0.39, 0.29) is 5.91 Å². The largest absolute Gasteiger partial charge is 0.476 e. The lowest BCUT2D eigenvalue weighted by molar-refractivity contribution is 0.0655. The summed E-state index contributed by atoms with van der Waals surface area (Å²) in [4.78, 5) is 20.2. The number of amides is 1. The minimum atomic E-state index is 0.131. The third-order valence-electron chi connectivity index (χ3n) is 5.12. The maximum Gasteiger partial charge on any atom is 0.254 e. The molecule has 0 unspecified atom stereocenters. The summed E-state index contributed by atoms with van der Waals surface area (Å²) in [7, 11) is 0.